The van der Waals surface area contributed by atoms with Crippen LogP contribution in [0.4, 0.5) is 0 Å². The number of carbonyl (C=O) groups is 1. The smallest absolute Gasteiger partial charge is 0.338 e. The predicted molar refractivity (Wildman–Crippen MR) is 94.7 cm³/mol. The third-order valence-corrected chi connectivity index (χ3v) is 3.74. The van der Waals surface area contributed by atoms with Crippen LogP contribution in [0.25, 0.3) is 12.2 Å². The number of hydrogen-bond acceptors (Lipinski definition) is 2. The fourth-order valence-electron chi connectivity index (χ4n) is 1.89. The van der Waals surface area contributed by atoms with Crippen LogP contribution in [0.2, 0.25) is 0 Å². The molecule has 0 aliphatic heterocycles. The van der Waals surface area contributed by atoms with Gasteiger partial charge in [0.1, 0.15) is 0 Å². The first-order valence-corrected chi connectivity index (χ1v) is 8.19. The highest BCUT2D eigenvalue weighted by Gasteiger charge is 2.05. The highest BCUT2D eigenvalue weighted by Crippen LogP contribution is 2.14. The summed E-state index contributed by atoms with van der Waals surface area (Å²) in [5.74, 6) is -0.253. The van der Waals surface area contributed by atoms with Gasteiger partial charge in [-0.25, -0.2) is 4.79 Å². The lowest BCUT2D eigenvalue weighted by Gasteiger charge is -2.04. The summed E-state index contributed by atoms with van der Waals surface area (Å²) in [4.78, 5) is 11.8. The number of rotatable bonds is 6. The number of hydrogen-bond donors (Lipinski definition) is 0. The summed E-state index contributed by atoms with van der Waals surface area (Å²) < 4.78 is 6.25. The van der Waals surface area contributed by atoms with Gasteiger partial charge in [-0.05, 0) is 41.8 Å². The molecule has 114 valence electrons. The first-order valence-electron chi connectivity index (χ1n) is 7.40. The number of esters is 1. The molecular weight excluding hydrogens is 340 g/mol. The fourth-order valence-corrected chi connectivity index (χ4v) is 2.15. The van der Waals surface area contributed by atoms with E-state index in [9.17, 15) is 4.79 Å². The van der Waals surface area contributed by atoms with Gasteiger partial charge in [-0.1, -0.05) is 65.7 Å². The van der Waals surface area contributed by atoms with Crippen LogP contribution in [0.15, 0.2) is 53.0 Å². The first-order chi connectivity index (χ1) is 10.7. The number of unbranched alkanes of at least 4 members (excludes halogenated alkanes) is 1. The van der Waals surface area contributed by atoms with Gasteiger partial charge in [0.05, 0.1) is 12.2 Å². The Kier molecular flexibility index (Phi) is 6.41. The molecule has 0 heterocycles. The molecule has 22 heavy (non-hydrogen) atoms. The van der Waals surface area contributed by atoms with E-state index in [-0.39, 0.29) is 5.97 Å². The number of halogens is 1. The van der Waals surface area contributed by atoms with Gasteiger partial charge in [-0.15, -0.1) is 0 Å². The Balaban J connectivity index is 1.96. The van der Waals surface area contributed by atoms with Crippen LogP contribution in [0.3, 0.4) is 0 Å². The van der Waals surface area contributed by atoms with Gasteiger partial charge in [0.15, 0.2) is 0 Å². The van der Waals surface area contributed by atoms with Crippen molar-refractivity contribution in [2.75, 3.05) is 6.61 Å². The van der Waals surface area contributed by atoms with E-state index in [2.05, 4.69) is 22.9 Å². The van der Waals surface area contributed by atoms with Gasteiger partial charge < -0.3 is 4.74 Å². The molecule has 0 saturated heterocycles. The van der Waals surface area contributed by atoms with Crippen molar-refractivity contribution in [3.63, 3.8) is 0 Å². The maximum atomic E-state index is 11.8. The van der Waals surface area contributed by atoms with Crippen LogP contribution in [0, 0.1) is 0 Å². The van der Waals surface area contributed by atoms with E-state index in [1.165, 1.54) is 0 Å². The average molecular weight is 359 g/mol. The van der Waals surface area contributed by atoms with Gasteiger partial charge in [0.2, 0.25) is 0 Å². The maximum Gasteiger partial charge on any atom is 0.338 e. The topological polar surface area (TPSA) is 26.3 Å². The quantitative estimate of drug-likeness (QED) is 0.383. The second-order valence-electron chi connectivity index (χ2n) is 5.00. The SMILES string of the molecule is CCCCOC(=O)c1ccc(C=Cc2ccc(Br)cc2)cc1. The highest BCUT2D eigenvalue weighted by molar-refractivity contribution is 9.10. The molecule has 2 nitrogen and oxygen atoms in total. The molecular formula is C19H19BrO2. The molecule has 0 aromatic heterocycles. The Labute approximate surface area is 139 Å². The molecule has 0 saturated carbocycles. The van der Waals surface area contributed by atoms with Crippen LogP contribution in [-0.2, 0) is 4.74 Å². The average Bonchev–Trinajstić information content (AvgIpc) is 2.55. The summed E-state index contributed by atoms with van der Waals surface area (Å²) in [6.07, 6.45) is 5.99. The van der Waals surface area contributed by atoms with E-state index in [0.717, 1.165) is 28.4 Å². The molecule has 0 amide bonds. The minimum absolute atomic E-state index is 0.253. The summed E-state index contributed by atoms with van der Waals surface area (Å²) in [5.41, 5.74) is 2.77. The molecule has 0 bridgehead atoms. The first kappa shape index (κ1) is 16.5. The second kappa shape index (κ2) is 8.54. The maximum absolute atomic E-state index is 11.8. The van der Waals surface area contributed by atoms with Crippen molar-refractivity contribution in [1.29, 1.82) is 0 Å². The van der Waals surface area contributed by atoms with Crippen LogP contribution in [-0.4, -0.2) is 12.6 Å². The van der Waals surface area contributed by atoms with E-state index in [4.69, 9.17) is 4.74 Å². The lowest BCUT2D eigenvalue weighted by Crippen LogP contribution is -2.05. The number of carbonyl (C=O) groups excluding carboxylic acids is 1. The monoisotopic (exact) mass is 358 g/mol. The largest absolute Gasteiger partial charge is 0.462 e. The van der Waals surface area contributed by atoms with Crippen molar-refractivity contribution in [3.05, 3.63) is 69.7 Å². The van der Waals surface area contributed by atoms with E-state index in [0.29, 0.717) is 12.2 Å². The Morgan fingerprint density at radius 1 is 1.00 bits per heavy atom. The molecule has 2 aromatic rings. The zero-order valence-electron chi connectivity index (χ0n) is 12.6. The molecule has 2 aromatic carbocycles. The van der Waals surface area contributed by atoms with Gasteiger partial charge in [0, 0.05) is 4.47 Å². The van der Waals surface area contributed by atoms with Gasteiger partial charge in [-0.2, -0.15) is 0 Å². The molecule has 0 fully saturated rings. The molecule has 0 N–H and O–H groups in total. The summed E-state index contributed by atoms with van der Waals surface area (Å²) >= 11 is 3.42. The van der Waals surface area contributed by atoms with Gasteiger partial charge >= 0.3 is 5.97 Å². The van der Waals surface area contributed by atoms with Crippen LogP contribution in [0.1, 0.15) is 41.3 Å². The Morgan fingerprint density at radius 3 is 2.09 bits per heavy atom. The Bertz CT molecular complexity index is 627. The van der Waals surface area contributed by atoms with Crippen molar-refractivity contribution >= 4 is 34.1 Å². The normalized spacial score (nSPS) is 10.8. The molecule has 0 unspecified atom stereocenters. The molecule has 3 heteroatoms. The second-order valence-corrected chi connectivity index (χ2v) is 5.91. The highest BCUT2D eigenvalue weighted by atomic mass is 79.9. The lowest BCUT2D eigenvalue weighted by atomic mass is 10.1. The van der Waals surface area contributed by atoms with Crippen LogP contribution in [0.5, 0.6) is 0 Å². The van der Waals surface area contributed by atoms with Gasteiger partial charge in [0.25, 0.3) is 0 Å². The summed E-state index contributed by atoms with van der Waals surface area (Å²) in [5, 5.41) is 0. The summed E-state index contributed by atoms with van der Waals surface area (Å²) in [6, 6.07) is 15.5. The minimum Gasteiger partial charge on any atom is -0.462 e. The van der Waals surface area contributed by atoms with E-state index in [1.807, 2.05) is 48.6 Å². The molecule has 0 atom stereocenters. The Hall–Kier alpha value is -1.87. The van der Waals surface area contributed by atoms with Gasteiger partial charge in [-0.3, -0.25) is 0 Å². The predicted octanol–water partition coefficient (Wildman–Crippen LogP) is 5.58. The van der Waals surface area contributed by atoms with E-state index in [1.54, 1.807) is 12.1 Å². The molecule has 0 spiro atoms. The zero-order chi connectivity index (χ0) is 15.8. The van der Waals surface area contributed by atoms with Crippen LogP contribution < -0.4 is 0 Å². The third-order valence-electron chi connectivity index (χ3n) is 3.22. The molecule has 2 rings (SSSR count). The summed E-state index contributed by atoms with van der Waals surface area (Å²) in [6.45, 7) is 2.56. The number of ether oxygens (including phenoxy) is 1. The number of benzene rings is 2. The minimum atomic E-state index is -0.253. The van der Waals surface area contributed by atoms with Crippen molar-refractivity contribution in [3.8, 4) is 0 Å². The lowest BCUT2D eigenvalue weighted by molar-refractivity contribution is 0.0500. The molecule has 0 aliphatic carbocycles. The van der Waals surface area contributed by atoms with Crippen LogP contribution >= 0.6 is 15.9 Å². The van der Waals surface area contributed by atoms with Crippen molar-refractivity contribution in [1.82, 2.24) is 0 Å². The fraction of sp³-hybridized carbons (Fsp3) is 0.211. The molecule has 0 radical (unpaired) electrons. The van der Waals surface area contributed by atoms with Crippen molar-refractivity contribution in [2.24, 2.45) is 0 Å². The Morgan fingerprint density at radius 2 is 1.55 bits per heavy atom. The summed E-state index contributed by atoms with van der Waals surface area (Å²) in [7, 11) is 0. The molecule has 0 aliphatic rings. The van der Waals surface area contributed by atoms with Crippen molar-refractivity contribution < 1.29 is 9.53 Å². The van der Waals surface area contributed by atoms with E-state index < -0.39 is 0 Å². The standard InChI is InChI=1S/C19H19BrO2/c1-2-3-14-22-19(21)17-10-6-15(7-11-17)4-5-16-8-12-18(20)13-9-16/h4-13H,2-3,14H2,1H3. The van der Waals surface area contributed by atoms with Crippen molar-refractivity contribution in [2.45, 2.75) is 19.8 Å². The zero-order valence-corrected chi connectivity index (χ0v) is 14.2. The third kappa shape index (κ3) is 5.15. The van der Waals surface area contributed by atoms with E-state index >= 15 is 0 Å².